The van der Waals surface area contributed by atoms with Crippen LogP contribution in [-0.4, -0.2) is 19.6 Å². The monoisotopic (exact) mass is 143 g/mol. The number of hydrogen-bond acceptors (Lipinski definition) is 4. The summed E-state index contributed by atoms with van der Waals surface area (Å²) >= 11 is 0. The van der Waals surface area contributed by atoms with E-state index in [1.165, 1.54) is 13.7 Å². The first-order valence-corrected chi connectivity index (χ1v) is 2.73. The van der Waals surface area contributed by atoms with E-state index >= 15 is 0 Å². The van der Waals surface area contributed by atoms with Gasteiger partial charge in [0.25, 0.3) is 0 Å². The Morgan fingerprint density at radius 1 is 1.70 bits per heavy atom. The molecule has 0 fully saturated rings. The molecule has 0 N–H and O–H groups in total. The summed E-state index contributed by atoms with van der Waals surface area (Å²) in [7, 11) is 1.24. The summed E-state index contributed by atoms with van der Waals surface area (Å²) in [4.78, 5) is 10.4. The summed E-state index contributed by atoms with van der Waals surface area (Å²) in [6.07, 6.45) is 1.88. The van der Waals surface area contributed by atoms with Crippen molar-refractivity contribution in [3.8, 4) is 0 Å². The number of hydrogen-bond donors (Lipinski definition) is 0. The van der Waals surface area contributed by atoms with Gasteiger partial charge in [0, 0.05) is 0 Å². The molecule has 4 nitrogen and oxygen atoms in total. The quantitative estimate of drug-likeness (QED) is 0.510. The van der Waals surface area contributed by atoms with Crippen LogP contribution >= 0.6 is 0 Å². The highest BCUT2D eigenvalue weighted by Gasteiger charge is 2.14. The van der Waals surface area contributed by atoms with Crippen molar-refractivity contribution < 1.29 is 19.0 Å². The van der Waals surface area contributed by atoms with Crippen LogP contribution in [0.4, 0.5) is 4.79 Å². The summed E-state index contributed by atoms with van der Waals surface area (Å²) in [5, 5.41) is 0. The van der Waals surface area contributed by atoms with Gasteiger partial charge in [0.1, 0.15) is 6.61 Å². The minimum absolute atomic E-state index is 0.618. The van der Waals surface area contributed by atoms with Gasteiger partial charge in [-0.25, -0.2) is 4.79 Å². The van der Waals surface area contributed by atoms with Crippen molar-refractivity contribution in [3.05, 3.63) is 18.8 Å². The summed E-state index contributed by atoms with van der Waals surface area (Å²) in [6, 6.07) is 0. The predicted molar refractivity (Wildman–Crippen MR) is 31.8 cm³/mol. The van der Waals surface area contributed by atoms with E-state index in [1.54, 1.807) is 12.2 Å². The summed E-state index contributed by atoms with van der Waals surface area (Å²) in [5.41, 5.74) is 0. The lowest BCUT2D eigenvalue weighted by Gasteiger charge is -2.07. The van der Waals surface area contributed by atoms with Gasteiger partial charge in [-0.2, -0.15) is 0 Å². The van der Waals surface area contributed by atoms with Crippen LogP contribution in [0.5, 0.6) is 0 Å². The van der Waals surface area contributed by atoms with Crippen molar-refractivity contribution in [1.82, 2.24) is 0 Å². The van der Waals surface area contributed by atoms with Gasteiger partial charge in [-0.3, -0.25) is 0 Å². The van der Waals surface area contributed by atoms with E-state index in [1.807, 2.05) is 0 Å². The first-order valence-electron chi connectivity index (χ1n) is 2.73. The fourth-order valence-corrected chi connectivity index (χ4v) is 0.514. The second-order valence-electron chi connectivity index (χ2n) is 1.60. The van der Waals surface area contributed by atoms with E-state index in [2.05, 4.69) is 9.47 Å². The lowest BCUT2D eigenvalue weighted by molar-refractivity contribution is -0.0548. The summed E-state index contributed by atoms with van der Waals surface area (Å²) in [6.45, 7) is 1.44. The molecule has 4 heteroatoms. The smallest absolute Gasteiger partial charge is 0.438 e. The zero-order valence-corrected chi connectivity index (χ0v) is 5.44. The average molecular weight is 143 g/mol. The molecule has 0 spiro atoms. The van der Waals surface area contributed by atoms with Gasteiger partial charge in [0.15, 0.2) is 0 Å². The molecular formula is C6H7O4. The fourth-order valence-electron chi connectivity index (χ4n) is 0.514. The molecule has 10 heavy (non-hydrogen) atoms. The zero-order valence-electron chi connectivity index (χ0n) is 5.44. The van der Waals surface area contributed by atoms with Crippen molar-refractivity contribution in [2.75, 3.05) is 7.11 Å². The Morgan fingerprint density at radius 3 is 3.00 bits per heavy atom. The number of carbonyl (C=O) groups is 1. The third-order valence-electron chi connectivity index (χ3n) is 0.939. The second kappa shape index (κ2) is 3.22. The molecule has 1 unspecified atom stereocenters. The topological polar surface area (TPSA) is 44.8 Å². The Labute approximate surface area is 58.4 Å². The summed E-state index contributed by atoms with van der Waals surface area (Å²) in [5.74, 6) is 0. The molecule has 1 rings (SSSR count). The van der Waals surface area contributed by atoms with E-state index in [0.29, 0.717) is 0 Å². The van der Waals surface area contributed by atoms with Gasteiger partial charge in [-0.05, 0) is 6.08 Å². The van der Waals surface area contributed by atoms with E-state index in [9.17, 15) is 4.79 Å². The SMILES string of the molecule is COC(=O)OC1C=C[CH]O1. The van der Waals surface area contributed by atoms with E-state index in [4.69, 9.17) is 4.74 Å². The van der Waals surface area contributed by atoms with Crippen molar-refractivity contribution in [2.45, 2.75) is 6.29 Å². The highest BCUT2D eigenvalue weighted by atomic mass is 16.8. The highest BCUT2D eigenvalue weighted by Crippen LogP contribution is 2.08. The van der Waals surface area contributed by atoms with Crippen molar-refractivity contribution in [1.29, 1.82) is 0 Å². The van der Waals surface area contributed by atoms with Crippen LogP contribution in [0.25, 0.3) is 0 Å². The molecule has 55 valence electrons. The molecule has 1 radical (unpaired) electrons. The molecule has 0 aromatic rings. The number of carbonyl (C=O) groups excluding carboxylic acids is 1. The average Bonchev–Trinajstić information content (AvgIpc) is 2.40. The first kappa shape index (κ1) is 7.08. The lowest BCUT2D eigenvalue weighted by Crippen LogP contribution is -2.15. The lowest BCUT2D eigenvalue weighted by atomic mass is 10.6. The number of rotatable bonds is 1. The van der Waals surface area contributed by atoms with Crippen LogP contribution in [-0.2, 0) is 14.2 Å². The molecule has 0 aromatic heterocycles. The van der Waals surface area contributed by atoms with Gasteiger partial charge in [-0.15, -0.1) is 0 Å². The molecule has 0 saturated carbocycles. The Bertz CT molecular complexity index is 152. The molecule has 0 amide bonds. The predicted octanol–water partition coefficient (Wildman–Crippen LogP) is 0.844. The Kier molecular flexibility index (Phi) is 2.28. The largest absolute Gasteiger partial charge is 0.510 e. The van der Waals surface area contributed by atoms with Crippen LogP contribution in [0.2, 0.25) is 0 Å². The minimum atomic E-state index is -0.745. The van der Waals surface area contributed by atoms with Crippen molar-refractivity contribution >= 4 is 6.16 Å². The maximum absolute atomic E-state index is 10.4. The highest BCUT2D eigenvalue weighted by molar-refractivity contribution is 5.59. The number of ether oxygens (including phenoxy) is 3. The maximum Gasteiger partial charge on any atom is 0.510 e. The van der Waals surface area contributed by atoms with E-state index < -0.39 is 12.4 Å². The molecule has 1 heterocycles. The number of methoxy groups -OCH3 is 1. The van der Waals surface area contributed by atoms with Crippen molar-refractivity contribution in [2.24, 2.45) is 0 Å². The van der Waals surface area contributed by atoms with Crippen LogP contribution in [0.15, 0.2) is 12.2 Å². The first-order chi connectivity index (χ1) is 4.83. The van der Waals surface area contributed by atoms with Gasteiger partial charge >= 0.3 is 6.16 Å². The minimum Gasteiger partial charge on any atom is -0.438 e. The standard InChI is InChI=1S/C6H7O4/c1-8-6(7)10-5-3-2-4-9-5/h2-5H,1H3. The molecule has 0 saturated heterocycles. The van der Waals surface area contributed by atoms with Gasteiger partial charge in [0.05, 0.1) is 7.11 Å². The van der Waals surface area contributed by atoms with Crippen LogP contribution in [0.3, 0.4) is 0 Å². The van der Waals surface area contributed by atoms with Crippen molar-refractivity contribution in [3.63, 3.8) is 0 Å². The van der Waals surface area contributed by atoms with Gasteiger partial charge < -0.3 is 14.2 Å². The van der Waals surface area contributed by atoms with Crippen LogP contribution in [0, 0.1) is 6.61 Å². The van der Waals surface area contributed by atoms with E-state index in [0.717, 1.165) is 0 Å². The van der Waals surface area contributed by atoms with Crippen LogP contribution < -0.4 is 0 Å². The maximum atomic E-state index is 10.4. The fraction of sp³-hybridized carbons (Fsp3) is 0.333. The molecular weight excluding hydrogens is 136 g/mol. The molecule has 1 aliphatic heterocycles. The van der Waals surface area contributed by atoms with Gasteiger partial charge in [0.2, 0.25) is 6.29 Å². The zero-order chi connectivity index (χ0) is 7.40. The molecule has 0 aliphatic carbocycles. The molecule has 1 atom stereocenters. The van der Waals surface area contributed by atoms with Crippen LogP contribution in [0.1, 0.15) is 0 Å². The molecule has 1 aliphatic rings. The third-order valence-corrected chi connectivity index (χ3v) is 0.939. The summed E-state index contributed by atoms with van der Waals surface area (Å²) < 4.78 is 13.5. The molecule has 0 aromatic carbocycles. The third kappa shape index (κ3) is 1.73. The second-order valence-corrected chi connectivity index (χ2v) is 1.60. The Morgan fingerprint density at radius 2 is 2.50 bits per heavy atom. The Balaban J connectivity index is 2.24. The normalized spacial score (nSPS) is 22.7. The van der Waals surface area contributed by atoms with Gasteiger partial charge in [-0.1, -0.05) is 6.08 Å². The Hall–Kier alpha value is -1.03. The van der Waals surface area contributed by atoms with E-state index in [-0.39, 0.29) is 0 Å². The molecule has 0 bridgehead atoms.